The largest absolute Gasteiger partial charge is 0.497 e. The zero-order valence-corrected chi connectivity index (χ0v) is 15.7. The van der Waals surface area contributed by atoms with Gasteiger partial charge in [0.1, 0.15) is 5.75 Å². The monoisotopic (exact) mass is 347 g/mol. The molecule has 0 aliphatic heterocycles. The number of anilines is 1. The second kappa shape index (κ2) is 8.05. The van der Waals surface area contributed by atoms with Gasteiger partial charge in [0.15, 0.2) is 5.78 Å². The molecule has 0 saturated heterocycles. The van der Waals surface area contributed by atoms with E-state index in [1.165, 1.54) is 0 Å². The van der Waals surface area contributed by atoms with Crippen LogP contribution in [0.25, 0.3) is 12.2 Å². The van der Waals surface area contributed by atoms with Crippen molar-refractivity contribution in [3.05, 3.63) is 70.8 Å². The molecule has 0 heterocycles. The van der Waals surface area contributed by atoms with Gasteiger partial charge in [-0.05, 0) is 66.8 Å². The van der Waals surface area contributed by atoms with E-state index in [1.54, 1.807) is 7.11 Å². The number of allylic oxidation sites excluding steroid dienone is 2. The molecule has 134 valence electrons. The van der Waals surface area contributed by atoms with Gasteiger partial charge in [-0.2, -0.15) is 0 Å². The fourth-order valence-corrected chi connectivity index (χ4v) is 3.18. The Kier molecular flexibility index (Phi) is 5.57. The van der Waals surface area contributed by atoms with E-state index in [0.717, 1.165) is 53.0 Å². The van der Waals surface area contributed by atoms with Crippen LogP contribution in [0.4, 0.5) is 5.69 Å². The minimum atomic E-state index is 0.163. The van der Waals surface area contributed by atoms with Crippen LogP contribution in [0.3, 0.4) is 0 Å². The van der Waals surface area contributed by atoms with Gasteiger partial charge in [-0.25, -0.2) is 0 Å². The van der Waals surface area contributed by atoms with Crippen LogP contribution in [0.15, 0.2) is 59.7 Å². The predicted molar refractivity (Wildman–Crippen MR) is 109 cm³/mol. The van der Waals surface area contributed by atoms with Crippen LogP contribution < -0.4 is 9.64 Å². The minimum absolute atomic E-state index is 0.163. The molecule has 0 N–H and O–H groups in total. The van der Waals surface area contributed by atoms with Crippen molar-refractivity contribution < 1.29 is 9.53 Å². The van der Waals surface area contributed by atoms with Gasteiger partial charge in [0, 0.05) is 30.9 Å². The number of carbonyl (C=O) groups excluding carboxylic acids is 1. The van der Waals surface area contributed by atoms with E-state index in [-0.39, 0.29) is 5.78 Å². The Morgan fingerprint density at radius 2 is 1.58 bits per heavy atom. The van der Waals surface area contributed by atoms with Gasteiger partial charge >= 0.3 is 0 Å². The first kappa shape index (κ1) is 18.0. The first-order valence-corrected chi connectivity index (χ1v) is 8.94. The average molecular weight is 347 g/mol. The van der Waals surface area contributed by atoms with Gasteiger partial charge in [0.25, 0.3) is 0 Å². The van der Waals surface area contributed by atoms with Crippen LogP contribution in [-0.2, 0) is 4.79 Å². The number of hydrogen-bond donors (Lipinski definition) is 0. The maximum atomic E-state index is 12.9. The molecule has 3 nitrogen and oxygen atoms in total. The van der Waals surface area contributed by atoms with Crippen molar-refractivity contribution in [3.8, 4) is 5.75 Å². The third kappa shape index (κ3) is 4.23. The minimum Gasteiger partial charge on any atom is -0.497 e. The maximum absolute atomic E-state index is 12.9. The lowest BCUT2D eigenvalue weighted by molar-refractivity contribution is -0.112. The fourth-order valence-electron chi connectivity index (χ4n) is 3.18. The molecule has 0 aromatic heterocycles. The maximum Gasteiger partial charge on any atom is 0.185 e. The van der Waals surface area contributed by atoms with Crippen molar-refractivity contribution in [2.24, 2.45) is 0 Å². The van der Waals surface area contributed by atoms with Crippen LogP contribution in [0, 0.1) is 0 Å². The molecule has 3 rings (SSSR count). The standard InChI is InChI=1S/C23H25NO2/c1-24(2)21-12-10-17(11-13-21)14-19-7-5-8-20(23(19)25)15-18-6-4-9-22(16-18)26-3/h4,6,9-16H,5,7-8H2,1-3H3. The van der Waals surface area contributed by atoms with Crippen LogP contribution in [0.1, 0.15) is 30.4 Å². The topological polar surface area (TPSA) is 29.5 Å². The zero-order chi connectivity index (χ0) is 18.5. The van der Waals surface area contributed by atoms with Crippen molar-refractivity contribution in [2.45, 2.75) is 19.3 Å². The van der Waals surface area contributed by atoms with E-state index >= 15 is 0 Å². The van der Waals surface area contributed by atoms with E-state index < -0.39 is 0 Å². The molecule has 3 heteroatoms. The van der Waals surface area contributed by atoms with E-state index in [1.807, 2.05) is 50.5 Å². The summed E-state index contributed by atoms with van der Waals surface area (Å²) < 4.78 is 5.27. The molecular weight excluding hydrogens is 322 g/mol. The molecule has 1 saturated carbocycles. The molecule has 0 bridgehead atoms. The second-order valence-electron chi connectivity index (χ2n) is 6.78. The summed E-state index contributed by atoms with van der Waals surface area (Å²) in [6.07, 6.45) is 6.69. The number of Topliss-reactive ketones (excluding diaryl/α,β-unsaturated/α-hetero) is 1. The van der Waals surface area contributed by atoms with E-state index in [4.69, 9.17) is 4.74 Å². The molecule has 1 aliphatic rings. The highest BCUT2D eigenvalue weighted by Crippen LogP contribution is 2.29. The van der Waals surface area contributed by atoms with Gasteiger partial charge in [-0.15, -0.1) is 0 Å². The molecule has 0 amide bonds. The second-order valence-corrected chi connectivity index (χ2v) is 6.78. The number of hydrogen-bond acceptors (Lipinski definition) is 3. The number of nitrogens with zero attached hydrogens (tertiary/aromatic N) is 1. The van der Waals surface area contributed by atoms with Crippen molar-refractivity contribution in [2.75, 3.05) is 26.1 Å². The molecular formula is C23H25NO2. The number of methoxy groups -OCH3 is 1. The van der Waals surface area contributed by atoms with Gasteiger partial charge < -0.3 is 9.64 Å². The number of benzene rings is 2. The van der Waals surface area contributed by atoms with E-state index in [0.29, 0.717) is 0 Å². The molecule has 0 spiro atoms. The van der Waals surface area contributed by atoms with Crippen molar-refractivity contribution >= 4 is 23.6 Å². The Morgan fingerprint density at radius 1 is 0.923 bits per heavy atom. The highest BCUT2D eigenvalue weighted by molar-refractivity contribution is 6.14. The lowest BCUT2D eigenvalue weighted by atomic mass is 9.87. The number of ether oxygens (including phenoxy) is 1. The third-order valence-corrected chi connectivity index (χ3v) is 4.66. The first-order chi connectivity index (χ1) is 12.6. The molecule has 0 atom stereocenters. The fraction of sp³-hybridized carbons (Fsp3) is 0.261. The normalized spacial score (nSPS) is 17.6. The predicted octanol–water partition coefficient (Wildman–Crippen LogP) is 4.98. The summed E-state index contributed by atoms with van der Waals surface area (Å²) >= 11 is 0. The number of ketones is 1. The van der Waals surface area contributed by atoms with E-state index in [9.17, 15) is 4.79 Å². The van der Waals surface area contributed by atoms with E-state index in [2.05, 4.69) is 29.2 Å². The van der Waals surface area contributed by atoms with Crippen molar-refractivity contribution in [1.29, 1.82) is 0 Å². The molecule has 0 radical (unpaired) electrons. The average Bonchev–Trinajstić information content (AvgIpc) is 2.65. The van der Waals surface area contributed by atoms with Crippen LogP contribution in [-0.4, -0.2) is 27.0 Å². The third-order valence-electron chi connectivity index (χ3n) is 4.66. The Hall–Kier alpha value is -2.81. The zero-order valence-electron chi connectivity index (χ0n) is 15.7. The Bertz CT molecular complexity index is 845. The van der Waals surface area contributed by atoms with Crippen LogP contribution >= 0.6 is 0 Å². The summed E-state index contributed by atoms with van der Waals surface area (Å²) in [5.41, 5.74) is 5.00. The van der Waals surface area contributed by atoms with Gasteiger partial charge in [-0.1, -0.05) is 24.3 Å². The highest BCUT2D eigenvalue weighted by atomic mass is 16.5. The Labute approximate surface area is 155 Å². The van der Waals surface area contributed by atoms with Gasteiger partial charge in [0.2, 0.25) is 0 Å². The molecule has 0 unspecified atom stereocenters. The first-order valence-electron chi connectivity index (χ1n) is 8.94. The Balaban J connectivity index is 1.83. The molecule has 1 aliphatic carbocycles. The molecule has 26 heavy (non-hydrogen) atoms. The SMILES string of the molecule is COc1cccc(C=C2CCCC(=Cc3ccc(N(C)C)cc3)C2=O)c1. The number of rotatable bonds is 4. The summed E-state index contributed by atoms with van der Waals surface area (Å²) in [7, 11) is 5.70. The summed E-state index contributed by atoms with van der Waals surface area (Å²) in [4.78, 5) is 15.0. The van der Waals surface area contributed by atoms with Gasteiger partial charge in [0.05, 0.1) is 7.11 Å². The highest BCUT2D eigenvalue weighted by Gasteiger charge is 2.20. The quantitative estimate of drug-likeness (QED) is 0.731. The van der Waals surface area contributed by atoms with Crippen LogP contribution in [0.2, 0.25) is 0 Å². The smallest absolute Gasteiger partial charge is 0.185 e. The Morgan fingerprint density at radius 3 is 2.19 bits per heavy atom. The van der Waals surface area contributed by atoms with Gasteiger partial charge in [-0.3, -0.25) is 4.79 Å². The number of carbonyl (C=O) groups is 1. The lowest BCUT2D eigenvalue weighted by Gasteiger charge is -2.17. The molecule has 2 aromatic rings. The van der Waals surface area contributed by atoms with Crippen molar-refractivity contribution in [3.63, 3.8) is 0 Å². The van der Waals surface area contributed by atoms with Crippen molar-refractivity contribution in [1.82, 2.24) is 0 Å². The molecule has 1 fully saturated rings. The summed E-state index contributed by atoms with van der Waals surface area (Å²) in [6, 6.07) is 16.1. The van der Waals surface area contributed by atoms with Crippen LogP contribution in [0.5, 0.6) is 5.75 Å². The summed E-state index contributed by atoms with van der Waals surface area (Å²) in [5, 5.41) is 0. The lowest BCUT2D eigenvalue weighted by Crippen LogP contribution is -2.12. The summed E-state index contributed by atoms with van der Waals surface area (Å²) in [5.74, 6) is 0.968. The summed E-state index contributed by atoms with van der Waals surface area (Å²) in [6.45, 7) is 0. The molecule has 2 aromatic carbocycles.